The predicted molar refractivity (Wildman–Crippen MR) is 73.5 cm³/mol. The Labute approximate surface area is 123 Å². The number of hydrogen-bond acceptors (Lipinski definition) is 2. The van der Waals surface area contributed by atoms with Crippen LogP contribution in [0.4, 0.5) is 17.6 Å². The molecule has 0 aliphatic carbocycles. The number of alkyl halides is 3. The Bertz CT molecular complexity index is 595. The molecule has 112 valence electrons. The van der Waals surface area contributed by atoms with Gasteiger partial charge in [-0.15, -0.1) is 11.8 Å². The molecule has 2 aromatic rings. The first-order chi connectivity index (χ1) is 9.86. The van der Waals surface area contributed by atoms with Crippen molar-refractivity contribution in [1.29, 1.82) is 0 Å². The summed E-state index contributed by atoms with van der Waals surface area (Å²) in [6.07, 6.45) is -5.31. The van der Waals surface area contributed by atoms with Gasteiger partial charge in [0.2, 0.25) is 0 Å². The first-order valence-electron chi connectivity index (χ1n) is 6.10. The second-order valence-electron chi connectivity index (χ2n) is 4.40. The molecule has 1 unspecified atom stereocenters. The molecule has 0 aromatic heterocycles. The standard InChI is InChI=1S/C15H12F4OS/c16-12-2-1-3-13(8-12)21-9-14(20)10-4-6-11(7-5-10)15(17,18)19/h1-8,14,20H,9H2. The lowest BCUT2D eigenvalue weighted by Gasteiger charge is -2.12. The van der Waals surface area contributed by atoms with Gasteiger partial charge in [0.15, 0.2) is 0 Å². The maximum absolute atomic E-state index is 13.0. The van der Waals surface area contributed by atoms with E-state index in [1.165, 1.54) is 36.0 Å². The van der Waals surface area contributed by atoms with Gasteiger partial charge in [-0.25, -0.2) is 4.39 Å². The van der Waals surface area contributed by atoms with Crippen molar-refractivity contribution in [2.75, 3.05) is 5.75 Å². The minimum absolute atomic E-state index is 0.231. The van der Waals surface area contributed by atoms with Crippen molar-refractivity contribution in [2.24, 2.45) is 0 Å². The van der Waals surface area contributed by atoms with E-state index in [1.54, 1.807) is 12.1 Å². The summed E-state index contributed by atoms with van der Waals surface area (Å²) in [5, 5.41) is 9.95. The Kier molecular flexibility index (Phi) is 4.90. The largest absolute Gasteiger partial charge is 0.416 e. The number of halogens is 4. The fourth-order valence-corrected chi connectivity index (χ4v) is 2.64. The number of aliphatic hydroxyl groups excluding tert-OH is 1. The van der Waals surface area contributed by atoms with Crippen LogP contribution in [-0.2, 0) is 6.18 Å². The number of rotatable bonds is 4. The highest BCUT2D eigenvalue weighted by atomic mass is 32.2. The minimum Gasteiger partial charge on any atom is -0.388 e. The molecule has 0 bridgehead atoms. The van der Waals surface area contributed by atoms with Crippen LogP contribution in [0.3, 0.4) is 0 Å². The lowest BCUT2D eigenvalue weighted by atomic mass is 10.1. The average Bonchev–Trinajstić information content (AvgIpc) is 2.44. The monoisotopic (exact) mass is 316 g/mol. The molecule has 1 nitrogen and oxygen atoms in total. The Morgan fingerprint density at radius 2 is 1.71 bits per heavy atom. The summed E-state index contributed by atoms with van der Waals surface area (Å²) < 4.78 is 50.3. The van der Waals surface area contributed by atoms with Gasteiger partial charge < -0.3 is 5.11 Å². The minimum atomic E-state index is -4.39. The number of hydrogen-bond donors (Lipinski definition) is 1. The molecule has 0 aliphatic rings. The van der Waals surface area contributed by atoms with Crippen LogP contribution in [0.1, 0.15) is 17.2 Å². The molecule has 0 radical (unpaired) electrons. The van der Waals surface area contributed by atoms with Crippen molar-refractivity contribution in [3.63, 3.8) is 0 Å². The zero-order chi connectivity index (χ0) is 15.5. The van der Waals surface area contributed by atoms with E-state index in [0.717, 1.165) is 12.1 Å². The summed E-state index contributed by atoms with van der Waals surface area (Å²) in [5.41, 5.74) is -0.358. The van der Waals surface area contributed by atoms with Crippen molar-refractivity contribution >= 4 is 11.8 Å². The van der Waals surface area contributed by atoms with E-state index in [1.807, 2.05) is 0 Å². The third-order valence-electron chi connectivity index (χ3n) is 2.83. The first kappa shape index (κ1) is 15.9. The molecule has 21 heavy (non-hydrogen) atoms. The van der Waals surface area contributed by atoms with Crippen LogP contribution in [0.15, 0.2) is 53.4 Å². The van der Waals surface area contributed by atoms with Crippen LogP contribution in [-0.4, -0.2) is 10.9 Å². The highest BCUT2D eigenvalue weighted by molar-refractivity contribution is 7.99. The van der Waals surface area contributed by atoms with Crippen LogP contribution in [0, 0.1) is 5.82 Å². The van der Waals surface area contributed by atoms with Gasteiger partial charge in [0.1, 0.15) is 5.82 Å². The van der Waals surface area contributed by atoms with Gasteiger partial charge >= 0.3 is 6.18 Å². The number of aliphatic hydroxyl groups is 1. The quantitative estimate of drug-likeness (QED) is 0.653. The summed E-state index contributed by atoms with van der Waals surface area (Å²) in [6, 6.07) is 10.3. The molecule has 0 aliphatic heterocycles. The molecule has 2 rings (SSSR count). The van der Waals surface area contributed by atoms with E-state index in [2.05, 4.69) is 0 Å². The third-order valence-corrected chi connectivity index (χ3v) is 3.90. The molecule has 6 heteroatoms. The number of thioether (sulfide) groups is 1. The maximum atomic E-state index is 13.0. The SMILES string of the molecule is OC(CSc1cccc(F)c1)c1ccc(C(F)(F)F)cc1. The van der Waals surface area contributed by atoms with Gasteiger partial charge in [0.25, 0.3) is 0 Å². The molecule has 0 saturated carbocycles. The van der Waals surface area contributed by atoms with E-state index in [-0.39, 0.29) is 11.6 Å². The van der Waals surface area contributed by atoms with Gasteiger partial charge in [-0.3, -0.25) is 0 Å². The van der Waals surface area contributed by atoms with E-state index in [9.17, 15) is 22.7 Å². The Morgan fingerprint density at radius 3 is 2.29 bits per heavy atom. The van der Waals surface area contributed by atoms with E-state index in [4.69, 9.17) is 0 Å². The van der Waals surface area contributed by atoms with Crippen LogP contribution >= 0.6 is 11.8 Å². The smallest absolute Gasteiger partial charge is 0.388 e. The normalized spacial score (nSPS) is 13.2. The molecule has 0 saturated heterocycles. The van der Waals surface area contributed by atoms with Crippen LogP contribution in [0.2, 0.25) is 0 Å². The summed E-state index contributed by atoms with van der Waals surface area (Å²) in [4.78, 5) is 0.654. The zero-order valence-electron chi connectivity index (χ0n) is 10.8. The highest BCUT2D eigenvalue weighted by Gasteiger charge is 2.30. The Morgan fingerprint density at radius 1 is 1.05 bits per heavy atom. The lowest BCUT2D eigenvalue weighted by molar-refractivity contribution is -0.137. The van der Waals surface area contributed by atoms with Crippen molar-refractivity contribution in [3.8, 4) is 0 Å². The van der Waals surface area contributed by atoms with Gasteiger partial charge in [-0.1, -0.05) is 18.2 Å². The van der Waals surface area contributed by atoms with E-state index < -0.39 is 17.8 Å². The maximum Gasteiger partial charge on any atom is 0.416 e. The molecule has 0 heterocycles. The van der Waals surface area contributed by atoms with Crippen LogP contribution in [0.5, 0.6) is 0 Å². The van der Waals surface area contributed by atoms with Gasteiger partial charge in [0, 0.05) is 10.6 Å². The van der Waals surface area contributed by atoms with Gasteiger partial charge in [-0.05, 0) is 35.9 Å². The van der Waals surface area contributed by atoms with E-state index in [0.29, 0.717) is 10.5 Å². The molecular weight excluding hydrogens is 304 g/mol. The van der Waals surface area contributed by atoms with Crippen molar-refractivity contribution in [3.05, 3.63) is 65.5 Å². The Hall–Kier alpha value is -1.53. The van der Waals surface area contributed by atoms with E-state index >= 15 is 0 Å². The topological polar surface area (TPSA) is 20.2 Å². The Balaban J connectivity index is 1.99. The van der Waals surface area contributed by atoms with Gasteiger partial charge in [0.05, 0.1) is 11.7 Å². The highest BCUT2D eigenvalue weighted by Crippen LogP contribution is 2.31. The fraction of sp³-hybridized carbons (Fsp3) is 0.200. The summed E-state index contributed by atoms with van der Waals surface area (Å²) >= 11 is 1.24. The molecule has 1 atom stereocenters. The van der Waals surface area contributed by atoms with Crippen molar-refractivity contribution < 1.29 is 22.7 Å². The van der Waals surface area contributed by atoms with Gasteiger partial charge in [-0.2, -0.15) is 13.2 Å². The summed E-state index contributed by atoms with van der Waals surface area (Å²) in [6.45, 7) is 0. The molecule has 0 amide bonds. The zero-order valence-corrected chi connectivity index (χ0v) is 11.6. The molecule has 0 fully saturated rings. The van der Waals surface area contributed by atoms with Crippen LogP contribution < -0.4 is 0 Å². The second kappa shape index (κ2) is 6.49. The summed E-state index contributed by atoms with van der Waals surface area (Å²) in [5.74, 6) is -0.140. The van der Waals surface area contributed by atoms with Crippen LogP contribution in [0.25, 0.3) is 0 Å². The first-order valence-corrected chi connectivity index (χ1v) is 7.08. The van der Waals surface area contributed by atoms with Crippen molar-refractivity contribution in [2.45, 2.75) is 17.2 Å². The summed E-state index contributed by atoms with van der Waals surface area (Å²) in [7, 11) is 0. The molecule has 1 N–H and O–H groups in total. The van der Waals surface area contributed by atoms with Crippen molar-refractivity contribution in [1.82, 2.24) is 0 Å². The molecule has 2 aromatic carbocycles. The fourth-order valence-electron chi connectivity index (χ4n) is 1.72. The number of benzene rings is 2. The predicted octanol–water partition coefficient (Wildman–Crippen LogP) is 4.67. The molecular formula is C15H12F4OS. The lowest BCUT2D eigenvalue weighted by Crippen LogP contribution is -2.06. The third kappa shape index (κ3) is 4.47. The molecule has 0 spiro atoms. The second-order valence-corrected chi connectivity index (χ2v) is 5.50. The average molecular weight is 316 g/mol.